The molecule has 3 rings (SSSR count). The van der Waals surface area contributed by atoms with E-state index in [-0.39, 0.29) is 35.0 Å². The maximum atomic E-state index is 13.9. The third-order valence-electron chi connectivity index (χ3n) is 4.41. The number of rotatable bonds is 8. The average Bonchev–Trinajstić information content (AvgIpc) is 3.19. The van der Waals surface area contributed by atoms with E-state index in [0.29, 0.717) is 6.07 Å². The van der Waals surface area contributed by atoms with E-state index < -0.39 is 47.8 Å². The molecule has 2 aromatic carbocycles. The zero-order valence-corrected chi connectivity index (χ0v) is 17.4. The second-order valence-electron chi connectivity index (χ2n) is 6.79. The molecule has 0 unspecified atom stereocenters. The van der Waals surface area contributed by atoms with Crippen molar-refractivity contribution < 1.29 is 46.1 Å². The fourth-order valence-corrected chi connectivity index (χ4v) is 2.89. The first-order valence-corrected chi connectivity index (χ1v) is 9.52. The van der Waals surface area contributed by atoms with E-state index in [4.69, 9.17) is 14.9 Å². The Morgan fingerprint density at radius 3 is 2.56 bits per heavy atom. The number of hydrogen-bond acceptors (Lipinski definition) is 7. The van der Waals surface area contributed by atoms with Gasteiger partial charge in [-0.3, -0.25) is 4.79 Å². The van der Waals surface area contributed by atoms with Crippen molar-refractivity contribution in [3.05, 3.63) is 65.1 Å². The number of nitrogens with zero attached hydrogens (tertiary/aromatic N) is 1. The summed E-state index contributed by atoms with van der Waals surface area (Å²) < 4.78 is 66.2. The first kappa shape index (κ1) is 24.4. The molecule has 34 heavy (non-hydrogen) atoms. The molecule has 0 aliphatic rings. The zero-order chi connectivity index (χ0) is 25.0. The van der Waals surface area contributed by atoms with Crippen LogP contribution >= 0.6 is 0 Å². The first-order chi connectivity index (χ1) is 16.0. The molecule has 0 saturated carbocycles. The average molecular weight is 483 g/mol. The van der Waals surface area contributed by atoms with Crippen molar-refractivity contribution in [1.29, 1.82) is 0 Å². The van der Waals surface area contributed by atoms with Crippen molar-refractivity contribution in [2.24, 2.45) is 5.73 Å². The van der Waals surface area contributed by atoms with Gasteiger partial charge in [0.25, 0.3) is 5.91 Å². The molecule has 3 aromatic rings. The second-order valence-corrected chi connectivity index (χ2v) is 6.79. The summed E-state index contributed by atoms with van der Waals surface area (Å²) in [5.41, 5.74) is 4.70. The second kappa shape index (κ2) is 10.1. The lowest BCUT2D eigenvalue weighted by molar-refractivity contribution is -0.0512. The molecule has 4 N–H and O–H groups in total. The van der Waals surface area contributed by atoms with E-state index in [1.165, 1.54) is 13.0 Å². The number of halogens is 4. The van der Waals surface area contributed by atoms with Crippen molar-refractivity contribution in [2.75, 3.05) is 0 Å². The molecule has 0 aliphatic carbocycles. The Hall–Kier alpha value is -4.29. The van der Waals surface area contributed by atoms with Crippen LogP contribution in [-0.4, -0.2) is 28.7 Å². The SMILES string of the molecule is C[C@H](OC(N)=O)c1oc(-c2ccc(OC(F)F)c(O)c2)nc1C(=O)NCc1ccc(F)cc1F. The van der Waals surface area contributed by atoms with E-state index in [9.17, 15) is 32.3 Å². The molecule has 0 bridgehead atoms. The van der Waals surface area contributed by atoms with E-state index >= 15 is 0 Å². The Labute approximate surface area is 189 Å². The number of primary amides is 1. The van der Waals surface area contributed by atoms with Gasteiger partial charge in [0.15, 0.2) is 29.1 Å². The van der Waals surface area contributed by atoms with Crippen LogP contribution in [0.25, 0.3) is 11.5 Å². The highest BCUT2D eigenvalue weighted by atomic mass is 19.3. The number of aromatic hydroxyl groups is 1. The zero-order valence-electron chi connectivity index (χ0n) is 17.4. The maximum Gasteiger partial charge on any atom is 0.405 e. The lowest BCUT2D eigenvalue weighted by Gasteiger charge is -2.10. The van der Waals surface area contributed by atoms with E-state index in [2.05, 4.69) is 15.0 Å². The number of amides is 2. The molecule has 0 spiro atoms. The fraction of sp³-hybridized carbons (Fsp3) is 0.190. The predicted octanol–water partition coefficient (Wildman–Crippen LogP) is 4.01. The number of ether oxygens (including phenoxy) is 2. The highest BCUT2D eigenvalue weighted by Gasteiger charge is 2.27. The van der Waals surface area contributed by atoms with Gasteiger partial charge in [-0.15, -0.1) is 0 Å². The number of nitrogens with two attached hydrogens (primary N) is 1. The summed E-state index contributed by atoms with van der Waals surface area (Å²) in [6, 6.07) is 6.06. The number of carbonyl (C=O) groups is 2. The van der Waals surface area contributed by atoms with Gasteiger partial charge >= 0.3 is 12.7 Å². The van der Waals surface area contributed by atoms with Crippen LogP contribution in [0.1, 0.15) is 34.8 Å². The quantitative estimate of drug-likeness (QED) is 0.412. The van der Waals surface area contributed by atoms with Crippen molar-refractivity contribution >= 4 is 12.0 Å². The molecule has 2 amide bonds. The fourth-order valence-electron chi connectivity index (χ4n) is 2.89. The maximum absolute atomic E-state index is 13.9. The molecular weight excluding hydrogens is 466 g/mol. The highest BCUT2D eigenvalue weighted by Crippen LogP contribution is 2.34. The summed E-state index contributed by atoms with van der Waals surface area (Å²) in [5, 5.41) is 12.3. The van der Waals surface area contributed by atoms with Gasteiger partial charge < -0.3 is 30.0 Å². The summed E-state index contributed by atoms with van der Waals surface area (Å²) in [7, 11) is 0. The lowest BCUT2D eigenvalue weighted by atomic mass is 10.2. The van der Waals surface area contributed by atoms with Gasteiger partial charge in [0.1, 0.15) is 11.6 Å². The van der Waals surface area contributed by atoms with Gasteiger partial charge in [0, 0.05) is 23.7 Å². The molecule has 1 aromatic heterocycles. The molecule has 0 aliphatic heterocycles. The predicted molar refractivity (Wildman–Crippen MR) is 107 cm³/mol. The third-order valence-corrected chi connectivity index (χ3v) is 4.41. The summed E-state index contributed by atoms with van der Waals surface area (Å²) in [6.07, 6.45) is -2.35. The van der Waals surface area contributed by atoms with Crippen molar-refractivity contribution in [3.8, 4) is 23.0 Å². The molecule has 0 fully saturated rings. The number of alkyl halides is 2. The van der Waals surface area contributed by atoms with Crippen molar-refractivity contribution in [3.63, 3.8) is 0 Å². The minimum atomic E-state index is -3.17. The lowest BCUT2D eigenvalue weighted by Crippen LogP contribution is -2.26. The molecular formula is C21H17F4N3O6. The minimum Gasteiger partial charge on any atom is -0.504 e. The summed E-state index contributed by atoms with van der Waals surface area (Å²) in [6.45, 7) is -2.17. The number of benzene rings is 2. The smallest absolute Gasteiger partial charge is 0.405 e. The largest absolute Gasteiger partial charge is 0.504 e. The Morgan fingerprint density at radius 1 is 1.21 bits per heavy atom. The molecule has 1 atom stereocenters. The molecule has 9 nitrogen and oxygen atoms in total. The van der Waals surface area contributed by atoms with Crippen LogP contribution in [0.4, 0.5) is 22.4 Å². The standard InChI is InChI=1S/C21H17F4N3O6/c1-9(32-21(26)31)17-16(18(30)27-8-11-2-4-12(22)7-13(11)23)28-19(34-17)10-3-5-15(14(29)6-10)33-20(24)25/h2-7,9,20,29H,8H2,1H3,(H2,26,31)(H,27,30)/t9-/m0/s1. The van der Waals surface area contributed by atoms with Gasteiger partial charge in [0.2, 0.25) is 5.89 Å². The number of hydrogen-bond donors (Lipinski definition) is 3. The van der Waals surface area contributed by atoms with Gasteiger partial charge in [0.05, 0.1) is 0 Å². The van der Waals surface area contributed by atoms with Crippen molar-refractivity contribution in [1.82, 2.24) is 10.3 Å². The van der Waals surface area contributed by atoms with E-state index in [1.807, 2.05) is 0 Å². The summed E-state index contributed by atoms with van der Waals surface area (Å²) >= 11 is 0. The molecule has 0 radical (unpaired) electrons. The Balaban J connectivity index is 1.91. The van der Waals surface area contributed by atoms with Crippen LogP contribution in [0.3, 0.4) is 0 Å². The minimum absolute atomic E-state index is 0.0130. The van der Waals surface area contributed by atoms with E-state index in [0.717, 1.165) is 24.3 Å². The Kier molecular flexibility index (Phi) is 7.24. The first-order valence-electron chi connectivity index (χ1n) is 9.52. The van der Waals surface area contributed by atoms with Gasteiger partial charge in [-0.05, 0) is 31.2 Å². The summed E-state index contributed by atoms with van der Waals surface area (Å²) in [4.78, 5) is 27.9. The normalized spacial score (nSPS) is 11.8. The van der Waals surface area contributed by atoms with Gasteiger partial charge in [-0.1, -0.05) is 6.07 Å². The summed E-state index contributed by atoms with van der Waals surface area (Å²) in [5.74, 6) is -4.18. The third kappa shape index (κ3) is 5.74. The highest BCUT2D eigenvalue weighted by molar-refractivity contribution is 5.94. The molecule has 1 heterocycles. The van der Waals surface area contributed by atoms with Crippen LogP contribution in [0.5, 0.6) is 11.5 Å². The molecule has 13 heteroatoms. The number of nitrogens with one attached hydrogen (secondary N) is 1. The number of oxazole rings is 1. The molecule has 180 valence electrons. The van der Waals surface area contributed by atoms with Gasteiger partial charge in [-0.2, -0.15) is 8.78 Å². The number of carbonyl (C=O) groups excluding carboxylic acids is 2. The van der Waals surface area contributed by atoms with Crippen LogP contribution in [0.2, 0.25) is 0 Å². The topological polar surface area (TPSA) is 137 Å². The van der Waals surface area contributed by atoms with Crippen LogP contribution in [0, 0.1) is 11.6 Å². The Morgan fingerprint density at radius 2 is 1.94 bits per heavy atom. The van der Waals surface area contributed by atoms with Gasteiger partial charge in [-0.25, -0.2) is 18.6 Å². The van der Waals surface area contributed by atoms with E-state index in [1.54, 1.807) is 0 Å². The van der Waals surface area contributed by atoms with Crippen LogP contribution in [-0.2, 0) is 11.3 Å². The number of phenolic OH excluding ortho intramolecular Hbond substituents is 1. The van der Waals surface area contributed by atoms with Crippen molar-refractivity contribution in [2.45, 2.75) is 26.2 Å². The number of aromatic nitrogens is 1. The Bertz CT molecular complexity index is 1220. The molecule has 0 saturated heterocycles. The monoisotopic (exact) mass is 483 g/mol. The van der Waals surface area contributed by atoms with Crippen LogP contribution in [0.15, 0.2) is 40.8 Å². The number of phenols is 1. The van der Waals surface area contributed by atoms with Crippen LogP contribution < -0.4 is 15.8 Å².